The van der Waals surface area contributed by atoms with E-state index in [2.05, 4.69) is 5.32 Å². The predicted octanol–water partition coefficient (Wildman–Crippen LogP) is 3.76. The van der Waals surface area contributed by atoms with Gasteiger partial charge in [-0.05, 0) is 67.9 Å². The van der Waals surface area contributed by atoms with Gasteiger partial charge in [-0.15, -0.1) is 11.6 Å². The maximum absolute atomic E-state index is 12.1. The highest BCUT2D eigenvalue weighted by Crippen LogP contribution is 2.63. The summed E-state index contributed by atoms with van der Waals surface area (Å²) in [4.78, 5) is 12.1. The molecule has 1 aromatic carbocycles. The van der Waals surface area contributed by atoms with Crippen LogP contribution in [-0.2, 0) is 4.79 Å². The van der Waals surface area contributed by atoms with Crippen LogP contribution in [0, 0.1) is 17.3 Å². The number of para-hydroxylation sites is 1. The normalized spacial score (nSPS) is 37.6. The van der Waals surface area contributed by atoms with Gasteiger partial charge in [0.1, 0.15) is 5.75 Å². The molecule has 1 aromatic rings. The Morgan fingerprint density at radius 2 is 1.87 bits per heavy atom. The molecule has 0 aliphatic heterocycles. The maximum Gasteiger partial charge on any atom is 0.257 e. The number of hydrogen-bond donors (Lipinski definition) is 1. The number of rotatable bonds is 5. The van der Waals surface area contributed by atoms with E-state index in [1.807, 2.05) is 30.3 Å². The average Bonchev–Trinajstić information content (AvgIpc) is 2.50. The van der Waals surface area contributed by atoms with Gasteiger partial charge in [-0.3, -0.25) is 4.79 Å². The van der Waals surface area contributed by atoms with Crippen molar-refractivity contribution in [1.82, 2.24) is 5.32 Å². The zero-order valence-corrected chi connectivity index (χ0v) is 14.1. The van der Waals surface area contributed by atoms with Crippen molar-refractivity contribution < 1.29 is 9.53 Å². The highest BCUT2D eigenvalue weighted by molar-refractivity contribution is 6.24. The van der Waals surface area contributed by atoms with Gasteiger partial charge in [-0.25, -0.2) is 0 Å². The van der Waals surface area contributed by atoms with E-state index in [1.165, 1.54) is 32.1 Å². The summed E-state index contributed by atoms with van der Waals surface area (Å²) in [6.45, 7) is 0.838. The zero-order chi connectivity index (χ0) is 15.9. The Morgan fingerprint density at radius 1 is 1.17 bits per heavy atom. The van der Waals surface area contributed by atoms with E-state index >= 15 is 0 Å². The first-order chi connectivity index (χ1) is 11.0. The Hall–Kier alpha value is -1.22. The second-order valence-electron chi connectivity index (χ2n) is 7.99. The SMILES string of the molecule is O=C(COc1ccccc1)NCC12C[C@@H]3C[C@H](CC(Cl)(C3)C1)C2. The molecule has 4 bridgehead atoms. The Morgan fingerprint density at radius 3 is 2.52 bits per heavy atom. The van der Waals surface area contributed by atoms with Crippen LogP contribution in [0.1, 0.15) is 38.5 Å². The number of alkyl halides is 1. The minimum atomic E-state index is -0.0341. The van der Waals surface area contributed by atoms with E-state index < -0.39 is 0 Å². The third-order valence-corrected chi connectivity index (χ3v) is 6.33. The van der Waals surface area contributed by atoms with Crippen molar-refractivity contribution in [3.63, 3.8) is 0 Å². The van der Waals surface area contributed by atoms with Crippen LogP contribution in [0.5, 0.6) is 5.75 Å². The minimum absolute atomic E-state index is 0.00928. The van der Waals surface area contributed by atoms with Crippen LogP contribution in [0.2, 0.25) is 0 Å². The number of carbonyl (C=O) groups excluding carboxylic acids is 1. The Balaban J connectivity index is 1.31. The summed E-state index contributed by atoms with van der Waals surface area (Å²) in [5.41, 5.74) is 0.230. The number of halogens is 1. The average molecular weight is 334 g/mol. The van der Waals surface area contributed by atoms with Crippen LogP contribution in [0.25, 0.3) is 0 Å². The molecule has 1 amide bonds. The molecule has 4 aliphatic carbocycles. The third kappa shape index (κ3) is 3.21. The molecule has 0 heterocycles. The molecule has 124 valence electrons. The van der Waals surface area contributed by atoms with Gasteiger partial charge >= 0.3 is 0 Å². The van der Waals surface area contributed by atoms with Gasteiger partial charge in [0.2, 0.25) is 0 Å². The van der Waals surface area contributed by atoms with Crippen molar-refractivity contribution in [3.8, 4) is 5.75 Å². The lowest BCUT2D eigenvalue weighted by atomic mass is 9.49. The molecule has 4 saturated carbocycles. The van der Waals surface area contributed by atoms with E-state index in [0.29, 0.717) is 0 Å². The van der Waals surface area contributed by atoms with Crippen molar-refractivity contribution in [2.75, 3.05) is 13.2 Å². The number of hydrogen-bond acceptors (Lipinski definition) is 2. The quantitative estimate of drug-likeness (QED) is 0.833. The molecule has 2 atom stereocenters. The number of ether oxygens (including phenoxy) is 1. The van der Waals surface area contributed by atoms with E-state index in [-0.39, 0.29) is 22.8 Å². The van der Waals surface area contributed by atoms with Crippen LogP contribution in [-0.4, -0.2) is 23.9 Å². The van der Waals surface area contributed by atoms with Crippen molar-refractivity contribution >= 4 is 17.5 Å². The largest absolute Gasteiger partial charge is 0.484 e. The molecule has 0 spiro atoms. The standard InChI is InChI=1S/C19H24ClNO2/c20-19-9-14-6-15(10-19)8-18(7-14,12-19)13-21-17(22)11-23-16-4-2-1-3-5-16/h1-5,14-15H,6-13H2,(H,21,22)/t14-,15-,18?,19?/m0/s1. The van der Waals surface area contributed by atoms with E-state index in [4.69, 9.17) is 16.3 Å². The van der Waals surface area contributed by atoms with Crippen molar-refractivity contribution in [3.05, 3.63) is 30.3 Å². The number of carbonyl (C=O) groups is 1. The molecule has 4 fully saturated rings. The van der Waals surface area contributed by atoms with Crippen LogP contribution >= 0.6 is 11.6 Å². The molecule has 23 heavy (non-hydrogen) atoms. The first kappa shape index (κ1) is 15.3. The topological polar surface area (TPSA) is 38.3 Å². The van der Waals surface area contributed by atoms with Gasteiger partial charge in [-0.1, -0.05) is 18.2 Å². The summed E-state index contributed by atoms with van der Waals surface area (Å²) >= 11 is 6.84. The minimum Gasteiger partial charge on any atom is -0.484 e. The summed E-state index contributed by atoms with van der Waals surface area (Å²) in [6.07, 6.45) is 7.24. The van der Waals surface area contributed by atoms with Gasteiger partial charge in [0.15, 0.2) is 6.61 Å². The molecule has 0 unspecified atom stereocenters. The van der Waals surface area contributed by atoms with E-state index in [1.54, 1.807) is 0 Å². The van der Waals surface area contributed by atoms with Gasteiger partial charge in [-0.2, -0.15) is 0 Å². The monoisotopic (exact) mass is 333 g/mol. The first-order valence-corrected chi connectivity index (χ1v) is 9.06. The first-order valence-electron chi connectivity index (χ1n) is 8.68. The molecule has 0 saturated heterocycles. The van der Waals surface area contributed by atoms with Crippen LogP contribution in [0.15, 0.2) is 30.3 Å². The molecular weight excluding hydrogens is 310 g/mol. The number of nitrogens with one attached hydrogen (secondary N) is 1. The highest BCUT2D eigenvalue weighted by atomic mass is 35.5. The Bertz CT molecular complexity index is 574. The summed E-state index contributed by atoms with van der Waals surface area (Å²) in [7, 11) is 0. The van der Waals surface area contributed by atoms with Gasteiger partial charge in [0.05, 0.1) is 0 Å². The molecule has 0 radical (unpaired) electrons. The fraction of sp³-hybridized carbons (Fsp3) is 0.632. The van der Waals surface area contributed by atoms with Crippen molar-refractivity contribution in [1.29, 1.82) is 0 Å². The highest BCUT2D eigenvalue weighted by Gasteiger charge is 2.56. The summed E-state index contributed by atoms with van der Waals surface area (Å²) in [6, 6.07) is 9.47. The van der Waals surface area contributed by atoms with E-state index in [9.17, 15) is 4.79 Å². The third-order valence-electron chi connectivity index (χ3n) is 5.88. The fourth-order valence-electron chi connectivity index (χ4n) is 5.55. The zero-order valence-electron chi connectivity index (χ0n) is 13.4. The van der Waals surface area contributed by atoms with Crippen molar-refractivity contribution in [2.45, 2.75) is 43.4 Å². The molecule has 4 heteroatoms. The fourth-order valence-corrected chi connectivity index (χ4v) is 6.27. The summed E-state index contributed by atoms with van der Waals surface area (Å²) in [5.74, 6) is 2.24. The smallest absolute Gasteiger partial charge is 0.257 e. The lowest BCUT2D eigenvalue weighted by Gasteiger charge is -2.60. The maximum atomic E-state index is 12.1. The van der Waals surface area contributed by atoms with Crippen LogP contribution in [0.3, 0.4) is 0 Å². The molecule has 0 aromatic heterocycles. The van der Waals surface area contributed by atoms with E-state index in [0.717, 1.165) is 30.6 Å². The lowest BCUT2D eigenvalue weighted by Crippen LogP contribution is -2.56. The summed E-state index contributed by atoms with van der Waals surface area (Å²) < 4.78 is 5.52. The Kier molecular flexibility index (Phi) is 3.79. The van der Waals surface area contributed by atoms with Crippen LogP contribution in [0.4, 0.5) is 0 Å². The van der Waals surface area contributed by atoms with Gasteiger partial charge < -0.3 is 10.1 Å². The summed E-state index contributed by atoms with van der Waals surface area (Å²) in [5, 5.41) is 3.10. The lowest BCUT2D eigenvalue weighted by molar-refractivity contribution is -0.125. The van der Waals surface area contributed by atoms with Crippen molar-refractivity contribution in [2.24, 2.45) is 17.3 Å². The number of amides is 1. The predicted molar refractivity (Wildman–Crippen MR) is 90.6 cm³/mol. The second-order valence-corrected chi connectivity index (χ2v) is 8.79. The van der Waals surface area contributed by atoms with Gasteiger partial charge in [0, 0.05) is 11.4 Å². The Labute approximate surface area is 142 Å². The number of benzene rings is 1. The second kappa shape index (κ2) is 5.70. The molecule has 3 nitrogen and oxygen atoms in total. The molecule has 5 rings (SSSR count). The van der Waals surface area contributed by atoms with Crippen LogP contribution < -0.4 is 10.1 Å². The molecule has 1 N–H and O–H groups in total. The van der Waals surface area contributed by atoms with Gasteiger partial charge in [0.25, 0.3) is 5.91 Å². The molecular formula is C19H24ClNO2. The molecule has 4 aliphatic rings.